The molecule has 36 heavy (non-hydrogen) atoms. The second-order valence-electron chi connectivity index (χ2n) is 7.34. The number of carbonyl (C=O) groups is 2. The molecule has 12 nitrogen and oxygen atoms in total. The molecule has 3 aromatic carbocycles. The van der Waals surface area contributed by atoms with E-state index in [1.165, 1.54) is 19.1 Å². The molecule has 1 heterocycles. The summed E-state index contributed by atoms with van der Waals surface area (Å²) in [6.45, 7) is 1.39. The lowest BCUT2D eigenvalue weighted by Gasteiger charge is -2.25. The first kappa shape index (κ1) is 27.1. The van der Waals surface area contributed by atoms with Crippen LogP contribution in [0.5, 0.6) is 17.2 Å². The zero-order valence-corrected chi connectivity index (χ0v) is 20.2. The van der Waals surface area contributed by atoms with Crippen molar-refractivity contribution in [3.8, 4) is 17.2 Å². The van der Waals surface area contributed by atoms with Gasteiger partial charge < -0.3 is 29.3 Å². The van der Waals surface area contributed by atoms with Gasteiger partial charge in [-0.25, -0.2) is 13.9 Å². The topological polar surface area (TPSA) is 197 Å². The SMILES string of the molecule is Cc1cccc(C(=O)O)c1OP(=O)(O)OP(=O)(O)O.O=C(O)C1c2ccccc2Oc2ccccc21. The summed E-state index contributed by atoms with van der Waals surface area (Å²) in [4.78, 5) is 48.4. The predicted octanol–water partition coefficient (Wildman–Crippen LogP) is 4.29. The Hall–Kier alpha value is -3.50. The van der Waals surface area contributed by atoms with Gasteiger partial charge in [-0.15, -0.1) is 0 Å². The predicted molar refractivity (Wildman–Crippen MR) is 124 cm³/mol. The van der Waals surface area contributed by atoms with Crippen molar-refractivity contribution in [2.45, 2.75) is 12.8 Å². The molecule has 3 aromatic rings. The van der Waals surface area contributed by atoms with E-state index in [1.54, 1.807) is 24.3 Å². The average molecular weight is 538 g/mol. The van der Waals surface area contributed by atoms with Gasteiger partial charge in [0.15, 0.2) is 0 Å². The minimum absolute atomic E-state index is 0.184. The Morgan fingerprint density at radius 1 is 0.833 bits per heavy atom. The van der Waals surface area contributed by atoms with Crippen molar-refractivity contribution < 1.29 is 57.2 Å². The van der Waals surface area contributed by atoms with Gasteiger partial charge >= 0.3 is 27.6 Å². The van der Waals surface area contributed by atoms with Crippen LogP contribution in [-0.4, -0.2) is 36.8 Å². The molecule has 0 amide bonds. The number of ether oxygens (including phenoxy) is 1. The molecular weight excluding hydrogens is 518 g/mol. The highest BCUT2D eigenvalue weighted by Gasteiger charge is 2.35. The standard InChI is InChI=1S/C14H10O3.C8H10O9P2/c15-14(16)13-9-5-1-3-7-11(9)17-12-8-4-2-6-10(12)13;1-5-3-2-4-6(8(9)10)7(5)16-19(14,15)17-18(11,12)13/h1-8,13H,(H,15,16);2-4H,1H3,(H,9,10)(H,14,15)(H2,11,12,13). The van der Waals surface area contributed by atoms with Gasteiger partial charge in [-0.1, -0.05) is 48.5 Å². The number of para-hydroxylation sites is 3. The number of carboxylic acids is 2. The first-order valence-electron chi connectivity index (χ1n) is 10.00. The van der Waals surface area contributed by atoms with Gasteiger partial charge in [0.05, 0.1) is 0 Å². The molecule has 0 spiro atoms. The van der Waals surface area contributed by atoms with E-state index in [0.29, 0.717) is 22.6 Å². The Morgan fingerprint density at radius 3 is 1.83 bits per heavy atom. The first-order valence-corrected chi connectivity index (χ1v) is 13.0. The molecule has 14 heteroatoms. The van der Waals surface area contributed by atoms with E-state index in [0.717, 1.165) is 6.07 Å². The molecule has 1 atom stereocenters. The van der Waals surface area contributed by atoms with E-state index in [-0.39, 0.29) is 5.56 Å². The first-order chi connectivity index (χ1) is 16.8. The largest absolute Gasteiger partial charge is 0.536 e. The maximum absolute atomic E-state index is 11.4. The molecule has 0 fully saturated rings. The van der Waals surface area contributed by atoms with Gasteiger partial charge in [-0.3, -0.25) is 9.69 Å². The Morgan fingerprint density at radius 2 is 1.36 bits per heavy atom. The highest BCUT2D eigenvalue weighted by atomic mass is 31.3. The number of fused-ring (bicyclic) bond motifs is 2. The van der Waals surface area contributed by atoms with Crippen molar-refractivity contribution in [2.24, 2.45) is 0 Å². The normalized spacial score (nSPS) is 14.1. The van der Waals surface area contributed by atoms with E-state index in [9.17, 15) is 23.8 Å². The minimum Gasteiger partial charge on any atom is -0.481 e. The van der Waals surface area contributed by atoms with Crippen LogP contribution in [0, 0.1) is 6.92 Å². The molecule has 0 saturated carbocycles. The second kappa shape index (κ2) is 10.6. The zero-order valence-electron chi connectivity index (χ0n) is 18.4. The van der Waals surface area contributed by atoms with Gasteiger partial charge in [0.1, 0.15) is 28.7 Å². The molecule has 0 aromatic heterocycles. The summed E-state index contributed by atoms with van der Waals surface area (Å²) >= 11 is 0. The zero-order chi connectivity index (χ0) is 26.7. The van der Waals surface area contributed by atoms with Crippen molar-refractivity contribution in [2.75, 3.05) is 0 Å². The summed E-state index contributed by atoms with van der Waals surface area (Å²) in [7, 11) is -10.4. The molecule has 4 rings (SSSR count). The third kappa shape index (κ3) is 6.58. The third-order valence-corrected chi connectivity index (χ3v) is 6.88. The van der Waals surface area contributed by atoms with Gasteiger partial charge in [0.25, 0.3) is 0 Å². The van der Waals surface area contributed by atoms with Crippen molar-refractivity contribution in [1.82, 2.24) is 0 Å². The second-order valence-corrected chi connectivity index (χ2v) is 10.1. The third-order valence-electron chi connectivity index (χ3n) is 4.79. The lowest BCUT2D eigenvalue weighted by atomic mass is 9.88. The smallest absolute Gasteiger partial charge is 0.481 e. The van der Waals surface area contributed by atoms with Crippen LogP contribution in [0.4, 0.5) is 0 Å². The number of aryl methyl sites for hydroxylation is 1. The molecule has 0 aliphatic carbocycles. The van der Waals surface area contributed by atoms with E-state index >= 15 is 0 Å². The van der Waals surface area contributed by atoms with E-state index in [1.807, 2.05) is 24.3 Å². The quantitative estimate of drug-likeness (QED) is 0.280. The molecule has 0 saturated heterocycles. The van der Waals surface area contributed by atoms with Crippen molar-refractivity contribution >= 4 is 27.6 Å². The maximum atomic E-state index is 11.4. The summed E-state index contributed by atoms with van der Waals surface area (Å²) in [5, 5.41) is 18.3. The number of carboxylic acid groups (broad SMARTS) is 2. The average Bonchev–Trinajstić information content (AvgIpc) is 2.77. The lowest BCUT2D eigenvalue weighted by Crippen LogP contribution is -2.18. The Kier molecular flexibility index (Phi) is 8.00. The highest BCUT2D eigenvalue weighted by Crippen LogP contribution is 2.57. The number of benzene rings is 3. The minimum atomic E-state index is -5.26. The number of phosphoric ester groups is 1. The van der Waals surface area contributed by atoms with Crippen LogP contribution in [0.2, 0.25) is 0 Å². The van der Waals surface area contributed by atoms with Crippen LogP contribution in [0.15, 0.2) is 66.7 Å². The van der Waals surface area contributed by atoms with E-state index < -0.39 is 44.8 Å². The number of aliphatic carboxylic acids is 1. The molecule has 1 unspecified atom stereocenters. The Labute approximate surface area is 204 Å². The van der Waals surface area contributed by atoms with Gasteiger partial charge in [0, 0.05) is 11.1 Å². The van der Waals surface area contributed by atoms with Gasteiger partial charge in [-0.2, -0.15) is 4.31 Å². The van der Waals surface area contributed by atoms with Crippen LogP contribution in [0.25, 0.3) is 0 Å². The van der Waals surface area contributed by atoms with Crippen molar-refractivity contribution in [1.29, 1.82) is 0 Å². The highest BCUT2D eigenvalue weighted by molar-refractivity contribution is 7.60. The summed E-state index contributed by atoms with van der Waals surface area (Å²) in [5.74, 6) is -2.19. The van der Waals surface area contributed by atoms with Crippen LogP contribution >= 0.6 is 15.6 Å². The number of hydrogen-bond donors (Lipinski definition) is 5. The van der Waals surface area contributed by atoms with Crippen LogP contribution in [0.1, 0.15) is 33.0 Å². The molecule has 5 N–H and O–H groups in total. The summed E-state index contributed by atoms with van der Waals surface area (Å²) in [5.41, 5.74) is 1.16. The van der Waals surface area contributed by atoms with Gasteiger partial charge in [-0.05, 0) is 30.7 Å². The fourth-order valence-electron chi connectivity index (χ4n) is 3.38. The lowest BCUT2D eigenvalue weighted by molar-refractivity contribution is -0.137. The number of phosphoric acid groups is 2. The number of aromatic carboxylic acids is 1. The molecule has 0 bridgehead atoms. The summed E-state index contributed by atoms with van der Waals surface area (Å²) in [6, 6.07) is 18.4. The fraction of sp³-hybridized carbons (Fsp3) is 0.0909. The monoisotopic (exact) mass is 538 g/mol. The molecule has 1 aliphatic heterocycles. The van der Waals surface area contributed by atoms with Crippen LogP contribution in [0.3, 0.4) is 0 Å². The van der Waals surface area contributed by atoms with E-state index in [2.05, 4.69) is 8.83 Å². The molecule has 0 radical (unpaired) electrons. The Bertz CT molecular complexity index is 1350. The molecular formula is C22H20O12P2. The van der Waals surface area contributed by atoms with Crippen molar-refractivity contribution in [3.63, 3.8) is 0 Å². The van der Waals surface area contributed by atoms with E-state index in [4.69, 9.17) is 24.5 Å². The van der Waals surface area contributed by atoms with Crippen molar-refractivity contribution in [3.05, 3.63) is 89.0 Å². The summed E-state index contributed by atoms with van der Waals surface area (Å²) < 4.78 is 35.5. The summed E-state index contributed by atoms with van der Waals surface area (Å²) in [6.07, 6.45) is 0. The Balaban J connectivity index is 0.000000201. The van der Waals surface area contributed by atoms with Crippen LogP contribution < -0.4 is 9.26 Å². The number of hydrogen-bond acceptors (Lipinski definition) is 7. The molecule has 190 valence electrons. The fourth-order valence-corrected chi connectivity index (χ4v) is 5.07. The maximum Gasteiger partial charge on any atom is 0.536 e. The van der Waals surface area contributed by atoms with Gasteiger partial charge in [0.2, 0.25) is 0 Å². The van der Waals surface area contributed by atoms with Crippen LogP contribution in [-0.2, 0) is 18.2 Å². The molecule has 1 aliphatic rings. The number of rotatable bonds is 6.